The summed E-state index contributed by atoms with van der Waals surface area (Å²) in [6.07, 6.45) is 65.2. The highest BCUT2D eigenvalue weighted by Crippen LogP contribution is 2.18. The van der Waals surface area contributed by atoms with Gasteiger partial charge < -0.3 is 15.5 Å². The Morgan fingerprint density at radius 1 is 0.339 bits per heavy atom. The lowest BCUT2D eigenvalue weighted by atomic mass is 10.0. The molecule has 4 nitrogen and oxygen atoms in total. The van der Waals surface area contributed by atoms with Crippen molar-refractivity contribution in [2.75, 3.05) is 6.61 Å². The van der Waals surface area contributed by atoms with Gasteiger partial charge >= 0.3 is 0 Å². The van der Waals surface area contributed by atoms with Crippen molar-refractivity contribution in [1.82, 2.24) is 5.32 Å². The molecule has 1 amide bonds. The second kappa shape index (κ2) is 51.7. The Labute approximate surface area is 372 Å². The number of unbranched alkanes of at least 4 members (excludes halogenated alkanes) is 45. The van der Waals surface area contributed by atoms with Gasteiger partial charge in [-0.1, -0.05) is 309 Å². The van der Waals surface area contributed by atoms with Crippen LogP contribution in [0.4, 0.5) is 0 Å². The molecule has 59 heavy (non-hydrogen) atoms. The van der Waals surface area contributed by atoms with Crippen molar-refractivity contribution in [3.8, 4) is 0 Å². The van der Waals surface area contributed by atoms with Crippen molar-refractivity contribution < 1.29 is 15.0 Å². The van der Waals surface area contributed by atoms with Crippen LogP contribution in [-0.2, 0) is 4.79 Å². The first-order valence-electron chi connectivity index (χ1n) is 27.7. The van der Waals surface area contributed by atoms with Crippen LogP contribution in [0.5, 0.6) is 0 Å². The topological polar surface area (TPSA) is 69.6 Å². The fourth-order valence-corrected chi connectivity index (χ4v) is 9.13. The second-order valence-electron chi connectivity index (χ2n) is 19.4. The van der Waals surface area contributed by atoms with Crippen molar-refractivity contribution in [2.24, 2.45) is 0 Å². The SMILES string of the molecule is CCCCCCCCCCCCCCCCCCCCCCCCCCCCCC(=O)NC(CO)C(O)CCCCCCCCCCCCCCCCCCCCCC. The third-order valence-corrected chi connectivity index (χ3v) is 13.4. The molecule has 0 aliphatic rings. The highest BCUT2D eigenvalue weighted by molar-refractivity contribution is 5.76. The maximum atomic E-state index is 12.5. The first kappa shape index (κ1) is 58.4. The molecule has 0 aromatic rings. The summed E-state index contributed by atoms with van der Waals surface area (Å²) in [7, 11) is 0. The molecule has 0 heterocycles. The van der Waals surface area contributed by atoms with Gasteiger partial charge in [0.1, 0.15) is 0 Å². The van der Waals surface area contributed by atoms with Crippen LogP contribution in [0.25, 0.3) is 0 Å². The van der Waals surface area contributed by atoms with Crippen LogP contribution in [-0.4, -0.2) is 34.9 Å². The van der Waals surface area contributed by atoms with Gasteiger partial charge in [-0.2, -0.15) is 0 Å². The molecule has 0 aliphatic heterocycles. The summed E-state index contributed by atoms with van der Waals surface area (Å²) in [5.41, 5.74) is 0. The quantitative estimate of drug-likeness (QED) is 0.0535. The minimum absolute atomic E-state index is 0.0221. The molecule has 0 fully saturated rings. The van der Waals surface area contributed by atoms with E-state index in [0.29, 0.717) is 12.8 Å². The molecule has 2 unspecified atom stereocenters. The summed E-state index contributed by atoms with van der Waals surface area (Å²) >= 11 is 0. The first-order valence-corrected chi connectivity index (χ1v) is 27.7. The summed E-state index contributed by atoms with van der Waals surface area (Å²) in [6.45, 7) is 4.40. The molecule has 0 rings (SSSR count). The summed E-state index contributed by atoms with van der Waals surface area (Å²) in [5, 5.41) is 23.3. The van der Waals surface area contributed by atoms with E-state index in [4.69, 9.17) is 0 Å². The van der Waals surface area contributed by atoms with Crippen molar-refractivity contribution in [3.05, 3.63) is 0 Å². The van der Waals surface area contributed by atoms with E-state index in [1.165, 1.54) is 276 Å². The summed E-state index contributed by atoms with van der Waals surface area (Å²) in [6, 6.07) is -0.531. The van der Waals surface area contributed by atoms with Crippen LogP contribution in [0.15, 0.2) is 0 Å². The van der Waals surface area contributed by atoms with Gasteiger partial charge in [0.2, 0.25) is 5.91 Å². The summed E-state index contributed by atoms with van der Waals surface area (Å²) in [4.78, 5) is 12.5. The lowest BCUT2D eigenvalue weighted by Gasteiger charge is -2.22. The maximum absolute atomic E-state index is 12.5. The highest BCUT2D eigenvalue weighted by atomic mass is 16.3. The van der Waals surface area contributed by atoms with E-state index in [-0.39, 0.29) is 12.5 Å². The number of nitrogens with one attached hydrogen (secondary N) is 1. The average Bonchev–Trinajstić information content (AvgIpc) is 3.24. The number of aliphatic hydroxyl groups is 2. The molecule has 3 N–H and O–H groups in total. The number of rotatable bonds is 52. The molecular formula is C55H111NO3. The van der Waals surface area contributed by atoms with E-state index >= 15 is 0 Å². The first-order chi connectivity index (χ1) is 29.2. The van der Waals surface area contributed by atoms with Crippen molar-refractivity contribution >= 4 is 5.91 Å². The Hall–Kier alpha value is -0.610. The fraction of sp³-hybridized carbons (Fsp3) is 0.982. The zero-order valence-corrected chi connectivity index (χ0v) is 40.8. The minimum Gasteiger partial charge on any atom is -0.394 e. The van der Waals surface area contributed by atoms with Crippen LogP contribution in [0, 0.1) is 0 Å². The van der Waals surface area contributed by atoms with Crippen LogP contribution >= 0.6 is 0 Å². The van der Waals surface area contributed by atoms with Gasteiger partial charge in [0.05, 0.1) is 18.8 Å². The van der Waals surface area contributed by atoms with E-state index in [2.05, 4.69) is 19.2 Å². The van der Waals surface area contributed by atoms with Crippen LogP contribution in [0.3, 0.4) is 0 Å². The van der Waals surface area contributed by atoms with Gasteiger partial charge in [0.15, 0.2) is 0 Å². The molecule has 0 spiro atoms. The van der Waals surface area contributed by atoms with Gasteiger partial charge in [0.25, 0.3) is 0 Å². The Balaban J connectivity index is 3.40. The third kappa shape index (κ3) is 48.3. The number of hydrogen-bond acceptors (Lipinski definition) is 3. The van der Waals surface area contributed by atoms with Gasteiger partial charge in [-0.25, -0.2) is 0 Å². The van der Waals surface area contributed by atoms with Crippen LogP contribution in [0.1, 0.15) is 328 Å². The fourth-order valence-electron chi connectivity index (χ4n) is 9.13. The summed E-state index contributed by atoms with van der Waals surface area (Å²) in [5.74, 6) is -0.0221. The zero-order valence-electron chi connectivity index (χ0n) is 40.8. The minimum atomic E-state index is -0.654. The number of aliphatic hydroxyl groups excluding tert-OH is 2. The van der Waals surface area contributed by atoms with Gasteiger partial charge in [0, 0.05) is 6.42 Å². The maximum Gasteiger partial charge on any atom is 0.220 e. The molecule has 2 atom stereocenters. The average molecular weight is 834 g/mol. The Kier molecular flexibility index (Phi) is 51.2. The van der Waals surface area contributed by atoms with Gasteiger partial charge in [-0.3, -0.25) is 4.79 Å². The molecule has 0 saturated heterocycles. The second-order valence-corrected chi connectivity index (χ2v) is 19.4. The Morgan fingerprint density at radius 3 is 0.763 bits per heavy atom. The standard InChI is InChI=1S/C55H111NO3/c1-3-5-7-9-11-13-15-17-19-21-23-25-26-27-28-29-30-31-33-35-37-39-41-43-45-47-49-51-55(59)56-53(52-57)54(58)50-48-46-44-42-40-38-36-34-32-24-22-20-18-16-14-12-10-8-6-4-2/h53-54,57-58H,3-52H2,1-2H3,(H,56,59). The monoisotopic (exact) mass is 834 g/mol. The zero-order chi connectivity index (χ0) is 42.8. The van der Waals surface area contributed by atoms with E-state index in [9.17, 15) is 15.0 Å². The van der Waals surface area contributed by atoms with Crippen molar-refractivity contribution in [2.45, 2.75) is 341 Å². The predicted octanol–water partition coefficient (Wildman–Crippen LogP) is 18.0. The third-order valence-electron chi connectivity index (χ3n) is 13.4. The number of amides is 1. The van der Waals surface area contributed by atoms with E-state index in [1.807, 2.05) is 0 Å². The van der Waals surface area contributed by atoms with E-state index < -0.39 is 12.1 Å². The molecular weight excluding hydrogens is 723 g/mol. The molecule has 0 aliphatic carbocycles. The Bertz CT molecular complexity index is 773. The smallest absolute Gasteiger partial charge is 0.220 e. The highest BCUT2D eigenvalue weighted by Gasteiger charge is 2.20. The molecule has 0 saturated carbocycles. The molecule has 0 aromatic heterocycles. The molecule has 0 radical (unpaired) electrons. The summed E-state index contributed by atoms with van der Waals surface area (Å²) < 4.78 is 0. The number of hydrogen-bond donors (Lipinski definition) is 3. The molecule has 4 heteroatoms. The van der Waals surface area contributed by atoms with E-state index in [1.54, 1.807) is 0 Å². The van der Waals surface area contributed by atoms with Crippen LogP contribution in [0.2, 0.25) is 0 Å². The number of carbonyl (C=O) groups excluding carboxylic acids is 1. The van der Waals surface area contributed by atoms with Gasteiger partial charge in [-0.15, -0.1) is 0 Å². The predicted molar refractivity (Wildman–Crippen MR) is 263 cm³/mol. The lowest BCUT2D eigenvalue weighted by Crippen LogP contribution is -2.45. The largest absolute Gasteiger partial charge is 0.394 e. The lowest BCUT2D eigenvalue weighted by molar-refractivity contribution is -0.123. The number of carbonyl (C=O) groups is 1. The molecule has 0 bridgehead atoms. The Morgan fingerprint density at radius 2 is 0.542 bits per heavy atom. The molecule has 354 valence electrons. The van der Waals surface area contributed by atoms with Crippen molar-refractivity contribution in [3.63, 3.8) is 0 Å². The van der Waals surface area contributed by atoms with E-state index in [0.717, 1.165) is 25.7 Å². The van der Waals surface area contributed by atoms with Crippen molar-refractivity contribution in [1.29, 1.82) is 0 Å². The normalized spacial score (nSPS) is 12.7. The van der Waals surface area contributed by atoms with Crippen LogP contribution < -0.4 is 5.32 Å². The van der Waals surface area contributed by atoms with Gasteiger partial charge in [-0.05, 0) is 12.8 Å². The molecule has 0 aromatic carbocycles.